The van der Waals surface area contributed by atoms with Crippen molar-refractivity contribution in [3.8, 4) is 11.4 Å². The molecule has 1 atom stereocenters. The summed E-state index contributed by atoms with van der Waals surface area (Å²) in [5.41, 5.74) is 2.17. The van der Waals surface area contributed by atoms with Gasteiger partial charge in [0.15, 0.2) is 5.96 Å². The van der Waals surface area contributed by atoms with Gasteiger partial charge in [-0.05, 0) is 43.2 Å². The summed E-state index contributed by atoms with van der Waals surface area (Å²) >= 11 is 5.93. The molecule has 0 amide bonds. The van der Waals surface area contributed by atoms with E-state index in [0.29, 0.717) is 35.6 Å². The fraction of sp³-hybridized carbons (Fsp3) is 0.429. The summed E-state index contributed by atoms with van der Waals surface area (Å²) < 4.78 is 7.25. The first-order valence-electron chi connectivity index (χ1n) is 10.2. The van der Waals surface area contributed by atoms with Crippen molar-refractivity contribution in [2.45, 2.75) is 25.7 Å². The molecule has 2 aromatic heterocycles. The van der Waals surface area contributed by atoms with Gasteiger partial charge in [0.2, 0.25) is 11.7 Å². The first kappa shape index (κ1) is 20.4. The van der Waals surface area contributed by atoms with Crippen LogP contribution in [0.15, 0.2) is 46.2 Å². The number of aryl methyl sites for hydroxylation is 1. The zero-order chi connectivity index (χ0) is 20.9. The molecule has 8 nitrogen and oxygen atoms in total. The molecule has 1 unspecified atom stereocenters. The van der Waals surface area contributed by atoms with E-state index >= 15 is 0 Å². The van der Waals surface area contributed by atoms with Crippen molar-refractivity contribution in [2.24, 2.45) is 12.0 Å². The van der Waals surface area contributed by atoms with Crippen LogP contribution in [-0.4, -0.2) is 57.0 Å². The minimum absolute atomic E-state index is 0.487. The number of aromatic nitrogens is 4. The summed E-state index contributed by atoms with van der Waals surface area (Å²) in [5, 5.41) is 12.4. The van der Waals surface area contributed by atoms with Crippen LogP contribution in [0.3, 0.4) is 0 Å². The lowest BCUT2D eigenvalue weighted by atomic mass is 10.0. The fourth-order valence-corrected chi connectivity index (χ4v) is 3.76. The Labute approximate surface area is 180 Å². The average molecular weight is 428 g/mol. The number of benzene rings is 1. The molecule has 3 aromatic rings. The van der Waals surface area contributed by atoms with Crippen LogP contribution < -0.4 is 5.32 Å². The molecule has 0 saturated carbocycles. The van der Waals surface area contributed by atoms with Gasteiger partial charge in [-0.15, -0.1) is 0 Å². The lowest BCUT2D eigenvalue weighted by Gasteiger charge is -2.21. The van der Waals surface area contributed by atoms with Gasteiger partial charge in [0.05, 0.1) is 12.7 Å². The summed E-state index contributed by atoms with van der Waals surface area (Å²) in [5.74, 6) is 2.56. The standard InChI is InChI=1S/C21H26ClN7O/c1-3-23-21(29-11-9-16(14-29)17-12-25-28(2)13-17)24-10-8-19-26-20(27-30-19)15-4-6-18(22)7-5-15/h4-7,12-13,16H,3,8-11,14H2,1-2H3,(H,23,24). The van der Waals surface area contributed by atoms with Gasteiger partial charge >= 0.3 is 0 Å². The number of hydrogen-bond acceptors (Lipinski definition) is 5. The molecule has 158 valence electrons. The van der Waals surface area contributed by atoms with Crippen molar-refractivity contribution in [3.05, 3.63) is 53.1 Å². The normalized spacial score (nSPS) is 17.0. The van der Waals surface area contributed by atoms with Gasteiger partial charge in [-0.2, -0.15) is 10.1 Å². The Bertz CT molecular complexity index is 995. The zero-order valence-electron chi connectivity index (χ0n) is 17.3. The van der Waals surface area contributed by atoms with Crippen LogP contribution in [-0.2, 0) is 13.5 Å². The van der Waals surface area contributed by atoms with Crippen molar-refractivity contribution in [1.29, 1.82) is 0 Å². The lowest BCUT2D eigenvalue weighted by Crippen LogP contribution is -2.40. The number of aliphatic imine (C=N–C) groups is 1. The number of nitrogens with zero attached hydrogens (tertiary/aromatic N) is 6. The van der Waals surface area contributed by atoms with Crippen LogP contribution >= 0.6 is 11.6 Å². The third kappa shape index (κ3) is 4.81. The molecule has 1 aliphatic rings. The number of rotatable bonds is 6. The number of likely N-dealkylation sites (tertiary alicyclic amines) is 1. The zero-order valence-corrected chi connectivity index (χ0v) is 18.0. The third-order valence-electron chi connectivity index (χ3n) is 5.18. The highest BCUT2D eigenvalue weighted by Gasteiger charge is 2.26. The van der Waals surface area contributed by atoms with Gasteiger partial charge in [-0.1, -0.05) is 16.8 Å². The highest BCUT2D eigenvalue weighted by Crippen LogP contribution is 2.26. The van der Waals surface area contributed by atoms with Crippen molar-refractivity contribution < 1.29 is 4.52 Å². The number of hydrogen-bond donors (Lipinski definition) is 1. The van der Waals surface area contributed by atoms with Crippen molar-refractivity contribution >= 4 is 17.6 Å². The summed E-state index contributed by atoms with van der Waals surface area (Å²) in [6.45, 7) is 5.42. The Balaban J connectivity index is 1.36. The molecule has 0 radical (unpaired) electrons. The van der Waals surface area contributed by atoms with Crippen LogP contribution in [0.1, 0.15) is 30.7 Å². The number of nitrogens with one attached hydrogen (secondary N) is 1. The van der Waals surface area contributed by atoms with Crippen LogP contribution in [0.25, 0.3) is 11.4 Å². The molecular weight excluding hydrogens is 402 g/mol. The maximum atomic E-state index is 5.93. The van der Waals surface area contributed by atoms with Crippen LogP contribution in [0.4, 0.5) is 0 Å². The van der Waals surface area contributed by atoms with Crippen LogP contribution in [0, 0.1) is 0 Å². The molecule has 30 heavy (non-hydrogen) atoms. The predicted octanol–water partition coefficient (Wildman–Crippen LogP) is 3.12. The summed E-state index contributed by atoms with van der Waals surface area (Å²) in [6.07, 6.45) is 5.76. The molecule has 0 aliphatic carbocycles. The van der Waals surface area contributed by atoms with Crippen LogP contribution in [0.5, 0.6) is 0 Å². The third-order valence-corrected chi connectivity index (χ3v) is 5.43. The topological polar surface area (TPSA) is 84.4 Å². The van der Waals surface area contributed by atoms with E-state index in [2.05, 4.69) is 38.6 Å². The monoisotopic (exact) mass is 427 g/mol. The Morgan fingerprint density at radius 1 is 1.33 bits per heavy atom. The second-order valence-corrected chi connectivity index (χ2v) is 7.82. The first-order valence-corrected chi connectivity index (χ1v) is 10.6. The molecule has 3 heterocycles. The second kappa shape index (κ2) is 9.30. The molecule has 1 N–H and O–H groups in total. The van der Waals surface area contributed by atoms with E-state index in [9.17, 15) is 0 Å². The smallest absolute Gasteiger partial charge is 0.228 e. The minimum Gasteiger partial charge on any atom is -0.357 e. The quantitative estimate of drug-likeness (QED) is 0.480. The first-order chi connectivity index (χ1) is 14.6. The van der Waals surface area contributed by atoms with E-state index in [1.165, 1.54) is 5.56 Å². The van der Waals surface area contributed by atoms with Crippen molar-refractivity contribution in [3.63, 3.8) is 0 Å². The highest BCUT2D eigenvalue weighted by molar-refractivity contribution is 6.30. The van der Waals surface area contributed by atoms with E-state index < -0.39 is 0 Å². The van der Waals surface area contributed by atoms with Gasteiger partial charge in [0.25, 0.3) is 0 Å². The Hall–Kier alpha value is -2.87. The van der Waals surface area contributed by atoms with Gasteiger partial charge in [-0.3, -0.25) is 9.67 Å². The van der Waals surface area contributed by atoms with E-state index in [1.807, 2.05) is 42.2 Å². The Morgan fingerprint density at radius 3 is 2.90 bits per heavy atom. The lowest BCUT2D eigenvalue weighted by molar-refractivity contribution is 0.380. The van der Waals surface area contributed by atoms with Crippen molar-refractivity contribution in [2.75, 3.05) is 26.2 Å². The van der Waals surface area contributed by atoms with Gasteiger partial charge < -0.3 is 14.7 Å². The molecule has 1 aliphatic heterocycles. The number of guanidine groups is 1. The predicted molar refractivity (Wildman–Crippen MR) is 117 cm³/mol. The fourth-order valence-electron chi connectivity index (χ4n) is 3.63. The van der Waals surface area contributed by atoms with E-state index in [4.69, 9.17) is 21.1 Å². The molecular formula is C21H26ClN7O. The SMILES string of the molecule is CCNC(=NCCc1nc(-c2ccc(Cl)cc2)no1)N1CCC(c2cnn(C)c2)C1. The van der Waals surface area contributed by atoms with Gasteiger partial charge in [-0.25, -0.2) is 0 Å². The maximum Gasteiger partial charge on any atom is 0.228 e. The molecule has 1 fully saturated rings. The molecule has 1 saturated heterocycles. The number of halogens is 1. The summed E-state index contributed by atoms with van der Waals surface area (Å²) in [6, 6.07) is 7.39. The Kier molecular flexibility index (Phi) is 6.32. The molecule has 0 bridgehead atoms. The largest absolute Gasteiger partial charge is 0.357 e. The van der Waals surface area contributed by atoms with Crippen LogP contribution in [0.2, 0.25) is 5.02 Å². The van der Waals surface area contributed by atoms with Gasteiger partial charge in [0, 0.05) is 55.8 Å². The second-order valence-electron chi connectivity index (χ2n) is 7.38. The minimum atomic E-state index is 0.487. The molecule has 0 spiro atoms. The maximum absolute atomic E-state index is 5.93. The van der Waals surface area contributed by atoms with E-state index in [-0.39, 0.29) is 0 Å². The average Bonchev–Trinajstić information content (AvgIpc) is 3.48. The van der Waals surface area contributed by atoms with E-state index in [1.54, 1.807) is 0 Å². The van der Waals surface area contributed by atoms with E-state index in [0.717, 1.165) is 37.6 Å². The highest BCUT2D eigenvalue weighted by atomic mass is 35.5. The molecule has 9 heteroatoms. The Morgan fingerprint density at radius 2 is 2.17 bits per heavy atom. The summed E-state index contributed by atoms with van der Waals surface area (Å²) in [7, 11) is 1.96. The molecule has 1 aromatic carbocycles. The van der Waals surface area contributed by atoms with Gasteiger partial charge in [0.1, 0.15) is 0 Å². The molecule has 4 rings (SSSR count). The van der Waals surface area contributed by atoms with Crippen molar-refractivity contribution in [1.82, 2.24) is 30.1 Å². The summed E-state index contributed by atoms with van der Waals surface area (Å²) in [4.78, 5) is 11.6.